The molecule has 0 fully saturated rings. The molecule has 1 amide bonds. The van der Waals surface area contributed by atoms with Crippen LogP contribution in [0.5, 0.6) is 0 Å². The zero-order chi connectivity index (χ0) is 21.8. The fourth-order valence-corrected chi connectivity index (χ4v) is 3.30. The number of rotatable bonds is 6. The molecule has 3 heterocycles. The molecule has 31 heavy (non-hydrogen) atoms. The molecule has 0 unspecified atom stereocenters. The minimum atomic E-state index is -0.256. The van der Waals surface area contributed by atoms with Gasteiger partial charge in [-0.1, -0.05) is 18.5 Å². The van der Waals surface area contributed by atoms with E-state index in [4.69, 9.17) is 21.8 Å². The van der Waals surface area contributed by atoms with Gasteiger partial charge in [0, 0.05) is 35.1 Å². The number of anilines is 1. The summed E-state index contributed by atoms with van der Waals surface area (Å²) in [7, 11) is 0. The molecule has 0 aliphatic rings. The van der Waals surface area contributed by atoms with Gasteiger partial charge in [0.1, 0.15) is 11.6 Å². The Morgan fingerprint density at radius 1 is 1.23 bits per heavy atom. The van der Waals surface area contributed by atoms with Crippen molar-refractivity contribution < 1.29 is 9.21 Å². The maximum Gasteiger partial charge on any atom is 0.244 e. The van der Waals surface area contributed by atoms with E-state index < -0.39 is 0 Å². The van der Waals surface area contributed by atoms with Crippen LogP contribution in [0, 0.1) is 0 Å². The number of hydrogen-bond donors (Lipinski definition) is 2. The van der Waals surface area contributed by atoms with Crippen molar-refractivity contribution in [2.75, 3.05) is 5.73 Å². The molecule has 0 aliphatic carbocycles. The molecule has 3 N–H and O–H groups in total. The summed E-state index contributed by atoms with van der Waals surface area (Å²) in [5.74, 6) is 1.38. The van der Waals surface area contributed by atoms with Crippen LogP contribution in [-0.4, -0.2) is 20.9 Å². The number of aryl methyl sites for hydroxylation is 1. The Labute approximate surface area is 184 Å². The van der Waals surface area contributed by atoms with Crippen molar-refractivity contribution in [2.24, 2.45) is 0 Å². The first-order valence-corrected chi connectivity index (χ1v) is 10.1. The predicted molar refractivity (Wildman–Crippen MR) is 121 cm³/mol. The number of nitrogens with zero attached hydrogens (tertiary/aromatic N) is 3. The van der Waals surface area contributed by atoms with Crippen LogP contribution in [0.15, 0.2) is 59.3 Å². The Balaban J connectivity index is 1.48. The van der Waals surface area contributed by atoms with E-state index >= 15 is 0 Å². The summed E-state index contributed by atoms with van der Waals surface area (Å²) < 4.78 is 5.83. The van der Waals surface area contributed by atoms with Gasteiger partial charge >= 0.3 is 0 Å². The third kappa shape index (κ3) is 4.90. The van der Waals surface area contributed by atoms with Crippen molar-refractivity contribution in [1.29, 1.82) is 0 Å². The van der Waals surface area contributed by atoms with Crippen LogP contribution in [-0.2, 0) is 17.8 Å². The Morgan fingerprint density at radius 3 is 2.87 bits per heavy atom. The van der Waals surface area contributed by atoms with Crippen LogP contribution in [0.1, 0.15) is 23.9 Å². The van der Waals surface area contributed by atoms with Gasteiger partial charge in [-0.25, -0.2) is 15.0 Å². The summed E-state index contributed by atoms with van der Waals surface area (Å²) in [5, 5.41) is 4.07. The van der Waals surface area contributed by atoms with E-state index in [9.17, 15) is 4.79 Å². The number of nitrogens with one attached hydrogen (secondary N) is 1. The van der Waals surface area contributed by atoms with Crippen LogP contribution in [0.2, 0.25) is 5.02 Å². The third-order valence-corrected chi connectivity index (χ3v) is 4.91. The standard InChI is InChI=1S/C23H20ClN5O2/c1-2-17-7-8-26-23(29-17)16-9-15-10-18(31-22(15)19(24)11-16)13-28-21(30)6-4-14-3-5-20(25)27-12-14/h3-12H,2,13H2,1H3,(H2,25,27)(H,28,30)/b6-4+. The number of nitrogens with two attached hydrogens (primary N) is 1. The van der Waals surface area contributed by atoms with Crippen LogP contribution in [0.4, 0.5) is 5.82 Å². The lowest BCUT2D eigenvalue weighted by Gasteiger charge is -2.03. The number of benzene rings is 1. The lowest BCUT2D eigenvalue weighted by atomic mass is 10.1. The summed E-state index contributed by atoms with van der Waals surface area (Å²) in [5.41, 5.74) is 8.66. The van der Waals surface area contributed by atoms with Crippen molar-refractivity contribution in [3.8, 4) is 11.4 Å². The SMILES string of the molecule is CCc1ccnc(-c2cc(Cl)c3oc(CNC(=O)/C=C/c4ccc(N)nc4)cc3c2)n1. The van der Waals surface area contributed by atoms with Crippen molar-refractivity contribution in [3.63, 3.8) is 0 Å². The quantitative estimate of drug-likeness (QED) is 0.436. The second kappa shape index (κ2) is 8.97. The van der Waals surface area contributed by atoms with Gasteiger partial charge in [-0.15, -0.1) is 0 Å². The highest BCUT2D eigenvalue weighted by molar-refractivity contribution is 6.35. The zero-order valence-corrected chi connectivity index (χ0v) is 17.6. The van der Waals surface area contributed by atoms with E-state index in [2.05, 4.69) is 20.3 Å². The molecule has 8 heteroatoms. The van der Waals surface area contributed by atoms with Crippen molar-refractivity contribution >= 4 is 40.4 Å². The molecule has 0 bridgehead atoms. The first kappa shape index (κ1) is 20.6. The highest BCUT2D eigenvalue weighted by atomic mass is 35.5. The molecule has 4 rings (SSSR count). The molecule has 0 saturated carbocycles. The van der Waals surface area contributed by atoms with E-state index in [0.29, 0.717) is 28.0 Å². The number of halogens is 1. The number of hydrogen-bond acceptors (Lipinski definition) is 6. The van der Waals surface area contributed by atoms with Crippen molar-refractivity contribution in [2.45, 2.75) is 19.9 Å². The molecule has 0 radical (unpaired) electrons. The Kier molecular flexibility index (Phi) is 5.95. The second-order valence-electron chi connectivity index (χ2n) is 6.88. The van der Waals surface area contributed by atoms with Gasteiger partial charge in [-0.3, -0.25) is 4.79 Å². The van der Waals surface area contributed by atoms with Gasteiger partial charge in [0.15, 0.2) is 11.4 Å². The topological polar surface area (TPSA) is 107 Å². The van der Waals surface area contributed by atoms with E-state index in [0.717, 1.165) is 28.6 Å². The number of carbonyl (C=O) groups excluding carboxylic acids is 1. The monoisotopic (exact) mass is 433 g/mol. The van der Waals surface area contributed by atoms with Gasteiger partial charge in [0.05, 0.1) is 11.6 Å². The summed E-state index contributed by atoms with van der Waals surface area (Å²) in [4.78, 5) is 25.0. The van der Waals surface area contributed by atoms with Crippen LogP contribution < -0.4 is 11.1 Å². The van der Waals surface area contributed by atoms with Gasteiger partial charge in [-0.05, 0) is 54.5 Å². The van der Waals surface area contributed by atoms with Gasteiger partial charge in [-0.2, -0.15) is 0 Å². The number of aromatic nitrogens is 3. The van der Waals surface area contributed by atoms with E-state index in [1.165, 1.54) is 6.08 Å². The molecule has 0 saturated heterocycles. The molecule has 3 aromatic heterocycles. The second-order valence-corrected chi connectivity index (χ2v) is 7.29. The average molecular weight is 434 g/mol. The molecule has 0 atom stereocenters. The summed E-state index contributed by atoms with van der Waals surface area (Å²) in [6, 6.07) is 10.9. The maximum atomic E-state index is 12.1. The molecule has 0 spiro atoms. The summed E-state index contributed by atoms with van der Waals surface area (Å²) in [6.07, 6.45) is 7.25. The smallest absolute Gasteiger partial charge is 0.244 e. The van der Waals surface area contributed by atoms with Gasteiger partial charge in [0.25, 0.3) is 0 Å². The largest absolute Gasteiger partial charge is 0.458 e. The first-order chi connectivity index (χ1) is 15.0. The number of pyridine rings is 1. The highest BCUT2D eigenvalue weighted by Crippen LogP contribution is 2.31. The lowest BCUT2D eigenvalue weighted by Crippen LogP contribution is -2.19. The number of amides is 1. The van der Waals surface area contributed by atoms with Gasteiger partial charge in [0.2, 0.25) is 5.91 Å². The summed E-state index contributed by atoms with van der Waals surface area (Å²) >= 11 is 6.43. The molecule has 7 nitrogen and oxygen atoms in total. The number of fused-ring (bicyclic) bond motifs is 1. The molecular weight excluding hydrogens is 414 g/mol. The minimum absolute atomic E-state index is 0.228. The third-order valence-electron chi connectivity index (χ3n) is 4.63. The molecular formula is C23H20ClN5O2. The van der Waals surface area contributed by atoms with Crippen LogP contribution in [0.3, 0.4) is 0 Å². The van der Waals surface area contributed by atoms with Crippen molar-refractivity contribution in [1.82, 2.24) is 20.3 Å². The average Bonchev–Trinajstić information content (AvgIpc) is 3.21. The van der Waals surface area contributed by atoms with Gasteiger partial charge < -0.3 is 15.5 Å². The van der Waals surface area contributed by atoms with Crippen LogP contribution >= 0.6 is 11.6 Å². The van der Waals surface area contributed by atoms with E-state index in [1.54, 1.807) is 36.7 Å². The zero-order valence-electron chi connectivity index (χ0n) is 16.8. The highest BCUT2D eigenvalue weighted by Gasteiger charge is 2.12. The number of carbonyl (C=O) groups is 1. The molecule has 1 aromatic carbocycles. The van der Waals surface area contributed by atoms with Crippen molar-refractivity contribution in [3.05, 3.63) is 76.9 Å². The summed E-state index contributed by atoms with van der Waals surface area (Å²) in [6.45, 7) is 2.27. The Hall–Kier alpha value is -3.71. The first-order valence-electron chi connectivity index (χ1n) is 9.73. The minimum Gasteiger partial charge on any atom is -0.458 e. The normalized spacial score (nSPS) is 11.3. The van der Waals surface area contributed by atoms with E-state index in [-0.39, 0.29) is 12.5 Å². The Morgan fingerprint density at radius 2 is 2.10 bits per heavy atom. The van der Waals surface area contributed by atoms with Crippen LogP contribution in [0.25, 0.3) is 28.4 Å². The fourth-order valence-electron chi connectivity index (χ4n) is 3.03. The lowest BCUT2D eigenvalue weighted by molar-refractivity contribution is -0.116. The predicted octanol–water partition coefficient (Wildman–Crippen LogP) is 4.41. The maximum absolute atomic E-state index is 12.1. The molecule has 156 valence electrons. The number of nitrogen functional groups attached to an aromatic ring is 1. The number of furan rings is 1. The molecule has 0 aliphatic heterocycles. The Bertz CT molecular complexity index is 1260. The van der Waals surface area contributed by atoms with E-state index in [1.807, 2.05) is 25.1 Å². The fraction of sp³-hybridized carbons (Fsp3) is 0.130. The molecule has 4 aromatic rings.